The van der Waals surface area contributed by atoms with E-state index in [0.29, 0.717) is 18.1 Å². The summed E-state index contributed by atoms with van der Waals surface area (Å²) in [6.07, 6.45) is 0.145. The van der Waals surface area contributed by atoms with Gasteiger partial charge in [-0.3, -0.25) is 15.0 Å². The Bertz CT molecular complexity index is 1500. The molecule has 35 heavy (non-hydrogen) atoms. The van der Waals surface area contributed by atoms with Gasteiger partial charge in [-0.05, 0) is 43.3 Å². The Balaban J connectivity index is 1.37. The molecule has 9 nitrogen and oxygen atoms in total. The van der Waals surface area contributed by atoms with Crippen LogP contribution in [0, 0.1) is 6.92 Å². The molecular formula is C24H22N4O5S2. The number of aromatic nitrogens is 2. The molecule has 1 atom stereocenters. The fourth-order valence-corrected chi connectivity index (χ4v) is 6.56. The number of rotatable bonds is 6. The van der Waals surface area contributed by atoms with Crippen LogP contribution >= 0.6 is 11.3 Å². The number of amides is 1. The molecule has 3 heterocycles. The Hall–Kier alpha value is -3.38. The molecule has 2 aromatic carbocycles. The van der Waals surface area contributed by atoms with Gasteiger partial charge in [0.2, 0.25) is 10.0 Å². The van der Waals surface area contributed by atoms with Crippen LogP contribution in [0.1, 0.15) is 21.8 Å². The SMILES string of the molecule is Cc1cc(COc2ccc(S(=O)(=O)N3Cc4ncsc4CC3C(=O)NO)cc2)c2ccccc2n1. The fraction of sp³-hybridized carbons (Fsp3) is 0.208. The van der Waals surface area contributed by atoms with E-state index in [9.17, 15) is 13.2 Å². The standard InChI is InChI=1S/C24H22N4O5S2/c1-15-10-16(19-4-2-3-5-20(19)26-15)13-33-17-6-8-18(9-7-17)35(31,32)28-12-21-23(34-14-25-21)11-22(28)24(29)27-30/h2-10,14,22,30H,11-13H2,1H3,(H,27,29). The minimum atomic E-state index is -4.04. The highest BCUT2D eigenvalue weighted by molar-refractivity contribution is 7.89. The zero-order valence-electron chi connectivity index (χ0n) is 18.7. The summed E-state index contributed by atoms with van der Waals surface area (Å²) in [7, 11) is -4.04. The number of sulfonamides is 1. The minimum absolute atomic E-state index is 0.0180. The quantitative estimate of drug-likeness (QED) is 0.302. The maximum atomic E-state index is 13.4. The molecule has 0 aliphatic carbocycles. The van der Waals surface area contributed by atoms with Crippen LogP contribution < -0.4 is 10.2 Å². The van der Waals surface area contributed by atoms with Crippen molar-refractivity contribution < 1.29 is 23.2 Å². The molecule has 1 unspecified atom stereocenters. The van der Waals surface area contributed by atoms with Gasteiger partial charge in [0.25, 0.3) is 5.91 Å². The molecule has 11 heteroatoms. The number of fused-ring (bicyclic) bond motifs is 2. The third-order valence-electron chi connectivity index (χ3n) is 5.92. The van der Waals surface area contributed by atoms with E-state index in [4.69, 9.17) is 9.94 Å². The fourth-order valence-electron chi connectivity index (χ4n) is 4.19. The van der Waals surface area contributed by atoms with Crippen molar-refractivity contribution in [2.24, 2.45) is 0 Å². The smallest absolute Gasteiger partial charge is 0.262 e. The van der Waals surface area contributed by atoms with E-state index < -0.39 is 22.0 Å². The number of aryl methyl sites for hydroxylation is 1. The van der Waals surface area contributed by atoms with Crippen LogP contribution in [0.5, 0.6) is 5.75 Å². The molecule has 0 bridgehead atoms. The van der Waals surface area contributed by atoms with Crippen LogP contribution in [0.25, 0.3) is 10.9 Å². The predicted molar refractivity (Wildman–Crippen MR) is 130 cm³/mol. The number of nitrogens with one attached hydrogen (secondary N) is 1. The van der Waals surface area contributed by atoms with Crippen molar-refractivity contribution in [1.82, 2.24) is 19.8 Å². The number of ether oxygens (including phenoxy) is 1. The lowest BCUT2D eigenvalue weighted by Crippen LogP contribution is -2.51. The summed E-state index contributed by atoms with van der Waals surface area (Å²) in [5.41, 5.74) is 6.57. The first-order valence-electron chi connectivity index (χ1n) is 10.8. The lowest BCUT2D eigenvalue weighted by atomic mass is 10.1. The van der Waals surface area contributed by atoms with E-state index >= 15 is 0 Å². The second-order valence-electron chi connectivity index (χ2n) is 8.17. The van der Waals surface area contributed by atoms with Crippen molar-refractivity contribution in [3.8, 4) is 5.75 Å². The summed E-state index contributed by atoms with van der Waals surface area (Å²) in [6.45, 7) is 2.18. The second kappa shape index (κ2) is 9.34. The van der Waals surface area contributed by atoms with Gasteiger partial charge < -0.3 is 4.74 Å². The first-order valence-corrected chi connectivity index (χ1v) is 13.1. The van der Waals surface area contributed by atoms with Gasteiger partial charge in [-0.2, -0.15) is 4.31 Å². The third-order valence-corrected chi connectivity index (χ3v) is 8.69. The largest absolute Gasteiger partial charge is 0.489 e. The van der Waals surface area contributed by atoms with Crippen LogP contribution in [0.3, 0.4) is 0 Å². The third kappa shape index (κ3) is 4.50. The van der Waals surface area contributed by atoms with Gasteiger partial charge in [0.15, 0.2) is 0 Å². The van der Waals surface area contributed by atoms with Crippen molar-refractivity contribution in [1.29, 1.82) is 0 Å². The molecule has 2 N–H and O–H groups in total. The van der Waals surface area contributed by atoms with Crippen LogP contribution in [-0.2, 0) is 34.4 Å². The number of carbonyl (C=O) groups is 1. The predicted octanol–water partition coefficient (Wildman–Crippen LogP) is 3.20. The van der Waals surface area contributed by atoms with Crippen molar-refractivity contribution in [2.45, 2.75) is 37.4 Å². The van der Waals surface area contributed by atoms with E-state index in [2.05, 4.69) is 9.97 Å². The molecule has 0 radical (unpaired) electrons. The molecule has 1 aliphatic heterocycles. The van der Waals surface area contributed by atoms with E-state index in [0.717, 1.165) is 31.3 Å². The van der Waals surface area contributed by atoms with E-state index in [1.165, 1.54) is 23.5 Å². The van der Waals surface area contributed by atoms with Gasteiger partial charge in [-0.15, -0.1) is 11.3 Å². The maximum Gasteiger partial charge on any atom is 0.262 e. The van der Waals surface area contributed by atoms with Crippen molar-refractivity contribution in [2.75, 3.05) is 0 Å². The molecule has 0 saturated heterocycles. The van der Waals surface area contributed by atoms with Crippen LogP contribution in [-0.4, -0.2) is 39.8 Å². The van der Waals surface area contributed by atoms with Crippen LogP contribution in [0.4, 0.5) is 0 Å². The van der Waals surface area contributed by atoms with Crippen molar-refractivity contribution >= 4 is 38.2 Å². The summed E-state index contributed by atoms with van der Waals surface area (Å²) in [4.78, 5) is 21.9. The average Bonchev–Trinajstić information content (AvgIpc) is 3.34. The number of pyridine rings is 1. The second-order valence-corrected chi connectivity index (χ2v) is 11.0. The van der Waals surface area contributed by atoms with Crippen molar-refractivity contribution in [3.05, 3.63) is 81.9 Å². The zero-order chi connectivity index (χ0) is 24.6. The van der Waals surface area contributed by atoms with Gasteiger partial charge in [0.1, 0.15) is 18.4 Å². The lowest BCUT2D eigenvalue weighted by molar-refractivity contribution is -0.133. The number of benzene rings is 2. The van der Waals surface area contributed by atoms with E-state index in [-0.39, 0.29) is 17.9 Å². The maximum absolute atomic E-state index is 13.4. The topological polar surface area (TPSA) is 122 Å². The van der Waals surface area contributed by atoms with E-state index in [1.54, 1.807) is 23.1 Å². The number of carbonyl (C=O) groups excluding carboxylic acids is 1. The highest BCUT2D eigenvalue weighted by Gasteiger charge is 2.40. The molecule has 0 spiro atoms. The molecule has 1 aliphatic rings. The average molecular weight is 511 g/mol. The monoisotopic (exact) mass is 510 g/mol. The molecule has 2 aromatic heterocycles. The summed E-state index contributed by atoms with van der Waals surface area (Å²) < 4.78 is 33.8. The Kier molecular flexibility index (Phi) is 6.24. The number of hydrogen-bond donors (Lipinski definition) is 2. The number of hydrogen-bond acceptors (Lipinski definition) is 8. The molecule has 0 fully saturated rings. The lowest BCUT2D eigenvalue weighted by Gasteiger charge is -2.32. The zero-order valence-corrected chi connectivity index (χ0v) is 20.3. The summed E-state index contributed by atoms with van der Waals surface area (Å²) >= 11 is 1.36. The van der Waals surface area contributed by atoms with Crippen LogP contribution in [0.15, 0.2) is 65.0 Å². The number of thiazole rings is 1. The van der Waals surface area contributed by atoms with Gasteiger partial charge in [0.05, 0.1) is 28.2 Å². The molecule has 180 valence electrons. The molecular weight excluding hydrogens is 488 g/mol. The first-order chi connectivity index (χ1) is 16.9. The van der Waals surface area contributed by atoms with Crippen LogP contribution in [0.2, 0.25) is 0 Å². The van der Waals surface area contributed by atoms with Gasteiger partial charge >= 0.3 is 0 Å². The van der Waals surface area contributed by atoms with Gasteiger partial charge in [-0.25, -0.2) is 18.9 Å². The summed E-state index contributed by atoms with van der Waals surface area (Å²) in [5, 5.41) is 10.2. The molecule has 0 saturated carbocycles. The first kappa shape index (κ1) is 23.4. The molecule has 5 rings (SSSR count). The summed E-state index contributed by atoms with van der Waals surface area (Å²) in [5.74, 6) is -0.278. The highest BCUT2D eigenvalue weighted by atomic mass is 32.2. The molecule has 1 amide bonds. The number of hydroxylamine groups is 1. The van der Waals surface area contributed by atoms with E-state index in [1.807, 2.05) is 37.3 Å². The number of para-hydroxylation sites is 1. The Morgan fingerprint density at radius 2 is 2.00 bits per heavy atom. The Labute approximate surface area is 206 Å². The normalized spacial score (nSPS) is 16.1. The minimum Gasteiger partial charge on any atom is -0.489 e. The Morgan fingerprint density at radius 3 is 2.77 bits per heavy atom. The molecule has 4 aromatic rings. The number of nitrogens with zero attached hydrogens (tertiary/aromatic N) is 3. The van der Waals surface area contributed by atoms with Gasteiger partial charge in [-0.1, -0.05) is 18.2 Å². The Morgan fingerprint density at radius 1 is 1.23 bits per heavy atom. The highest BCUT2D eigenvalue weighted by Crippen LogP contribution is 2.31. The van der Waals surface area contributed by atoms with Gasteiger partial charge in [0, 0.05) is 27.9 Å². The summed E-state index contributed by atoms with van der Waals surface area (Å²) in [6, 6.07) is 14.8. The van der Waals surface area contributed by atoms with Crippen molar-refractivity contribution in [3.63, 3.8) is 0 Å².